The van der Waals surface area contributed by atoms with Gasteiger partial charge in [-0.15, -0.1) is 0 Å². The SMILES string of the molecule is CCOc1ccccc1Nc1nc2cc(C)nn2s1. The molecule has 0 aliphatic heterocycles. The van der Waals surface area contributed by atoms with Crippen molar-refractivity contribution in [1.29, 1.82) is 0 Å². The Morgan fingerprint density at radius 3 is 3.00 bits per heavy atom. The van der Waals surface area contributed by atoms with Gasteiger partial charge in [-0.3, -0.25) is 0 Å². The minimum Gasteiger partial charge on any atom is -0.492 e. The van der Waals surface area contributed by atoms with Crippen molar-refractivity contribution in [1.82, 2.24) is 14.0 Å². The van der Waals surface area contributed by atoms with Crippen molar-refractivity contribution in [3.63, 3.8) is 0 Å². The van der Waals surface area contributed by atoms with Crippen molar-refractivity contribution < 1.29 is 4.74 Å². The monoisotopic (exact) mass is 274 g/mol. The molecule has 19 heavy (non-hydrogen) atoms. The van der Waals surface area contributed by atoms with Gasteiger partial charge in [0.15, 0.2) is 5.65 Å². The minimum atomic E-state index is 0.638. The summed E-state index contributed by atoms with van der Waals surface area (Å²) >= 11 is 1.47. The molecule has 98 valence electrons. The molecule has 3 rings (SSSR count). The molecular weight excluding hydrogens is 260 g/mol. The molecule has 3 aromatic rings. The molecule has 0 radical (unpaired) electrons. The van der Waals surface area contributed by atoms with E-state index >= 15 is 0 Å². The molecule has 6 heteroatoms. The number of aryl methyl sites for hydroxylation is 1. The van der Waals surface area contributed by atoms with Crippen LogP contribution in [0.2, 0.25) is 0 Å². The lowest BCUT2D eigenvalue weighted by atomic mass is 10.3. The number of aromatic nitrogens is 3. The van der Waals surface area contributed by atoms with Crippen LogP contribution in [0.4, 0.5) is 10.8 Å². The van der Waals surface area contributed by atoms with Gasteiger partial charge in [0.05, 0.1) is 18.0 Å². The zero-order valence-electron chi connectivity index (χ0n) is 10.8. The fourth-order valence-electron chi connectivity index (χ4n) is 1.83. The van der Waals surface area contributed by atoms with Crippen LogP contribution >= 0.6 is 11.5 Å². The maximum Gasteiger partial charge on any atom is 0.207 e. The van der Waals surface area contributed by atoms with Crippen molar-refractivity contribution in [2.45, 2.75) is 13.8 Å². The lowest BCUT2D eigenvalue weighted by Gasteiger charge is -2.09. The second kappa shape index (κ2) is 4.89. The van der Waals surface area contributed by atoms with Crippen LogP contribution < -0.4 is 10.1 Å². The standard InChI is InChI=1S/C13H14N4OS/c1-3-18-11-7-5-4-6-10(11)14-13-15-12-8-9(2)16-17(12)19-13/h4-8H,3H2,1-2H3,(H,14,15). The van der Waals surface area contributed by atoms with Crippen LogP contribution in [0.5, 0.6) is 5.75 Å². The third-order valence-electron chi connectivity index (χ3n) is 2.60. The summed E-state index contributed by atoms with van der Waals surface area (Å²) in [4.78, 5) is 4.48. The van der Waals surface area contributed by atoms with Gasteiger partial charge in [-0.25, -0.2) is 0 Å². The van der Waals surface area contributed by atoms with Crippen molar-refractivity contribution >= 4 is 28.0 Å². The molecule has 5 nitrogen and oxygen atoms in total. The molecule has 1 aromatic carbocycles. The summed E-state index contributed by atoms with van der Waals surface area (Å²) in [6.45, 7) is 4.56. The summed E-state index contributed by atoms with van der Waals surface area (Å²) in [5, 5.41) is 8.41. The second-order valence-corrected chi connectivity index (χ2v) is 4.99. The number of hydrogen-bond acceptors (Lipinski definition) is 5. The summed E-state index contributed by atoms with van der Waals surface area (Å²) in [5.41, 5.74) is 2.75. The van der Waals surface area contributed by atoms with Gasteiger partial charge in [0.1, 0.15) is 5.75 Å². The Morgan fingerprint density at radius 2 is 2.21 bits per heavy atom. The van der Waals surface area contributed by atoms with Crippen LogP contribution in [-0.2, 0) is 0 Å². The Hall–Kier alpha value is -2.08. The van der Waals surface area contributed by atoms with Crippen molar-refractivity contribution in [2.24, 2.45) is 0 Å². The van der Waals surface area contributed by atoms with E-state index in [9.17, 15) is 0 Å². The van der Waals surface area contributed by atoms with Crippen LogP contribution in [-0.4, -0.2) is 20.6 Å². The van der Waals surface area contributed by atoms with E-state index in [4.69, 9.17) is 4.74 Å². The third kappa shape index (κ3) is 2.39. The van der Waals surface area contributed by atoms with E-state index in [1.165, 1.54) is 11.5 Å². The summed E-state index contributed by atoms with van der Waals surface area (Å²) in [5.74, 6) is 0.828. The van der Waals surface area contributed by atoms with Crippen LogP contribution in [0.3, 0.4) is 0 Å². The first kappa shape index (κ1) is 12.0. The maximum absolute atomic E-state index is 5.58. The van der Waals surface area contributed by atoms with E-state index in [0.29, 0.717) is 6.61 Å². The van der Waals surface area contributed by atoms with Gasteiger partial charge in [-0.2, -0.15) is 14.0 Å². The highest BCUT2D eigenvalue weighted by molar-refractivity contribution is 7.10. The first-order valence-electron chi connectivity index (χ1n) is 6.09. The van der Waals surface area contributed by atoms with Gasteiger partial charge in [0.25, 0.3) is 0 Å². The average Bonchev–Trinajstić information content (AvgIpc) is 2.88. The average molecular weight is 274 g/mol. The zero-order valence-corrected chi connectivity index (χ0v) is 11.6. The number of hydrogen-bond donors (Lipinski definition) is 1. The molecule has 0 saturated heterocycles. The van der Waals surface area contributed by atoms with E-state index in [1.54, 1.807) is 3.90 Å². The molecule has 0 bridgehead atoms. The van der Waals surface area contributed by atoms with Crippen LogP contribution in [0.25, 0.3) is 5.65 Å². The van der Waals surface area contributed by atoms with Crippen molar-refractivity contribution in [3.8, 4) is 5.75 Å². The molecule has 0 amide bonds. The number of nitrogens with one attached hydrogen (secondary N) is 1. The van der Waals surface area contributed by atoms with E-state index in [0.717, 1.165) is 27.9 Å². The van der Waals surface area contributed by atoms with E-state index < -0.39 is 0 Å². The number of fused-ring (bicyclic) bond motifs is 1. The summed E-state index contributed by atoms with van der Waals surface area (Å²) in [6.07, 6.45) is 0. The van der Waals surface area contributed by atoms with E-state index in [1.807, 2.05) is 44.2 Å². The predicted octanol–water partition coefficient (Wildman–Crippen LogP) is 3.24. The number of para-hydroxylation sites is 2. The third-order valence-corrected chi connectivity index (χ3v) is 3.41. The summed E-state index contributed by atoms with van der Waals surface area (Å²) in [7, 11) is 0. The molecule has 0 aliphatic rings. The van der Waals surface area contributed by atoms with Gasteiger partial charge in [0, 0.05) is 17.6 Å². The van der Waals surface area contributed by atoms with Crippen molar-refractivity contribution in [2.75, 3.05) is 11.9 Å². The lowest BCUT2D eigenvalue weighted by molar-refractivity contribution is 0.342. The zero-order chi connectivity index (χ0) is 13.2. The molecule has 0 spiro atoms. The molecule has 1 N–H and O–H groups in total. The van der Waals surface area contributed by atoms with Crippen LogP contribution in [0.1, 0.15) is 12.6 Å². The van der Waals surface area contributed by atoms with E-state index in [-0.39, 0.29) is 0 Å². The van der Waals surface area contributed by atoms with Gasteiger partial charge < -0.3 is 10.1 Å². The molecule has 0 atom stereocenters. The normalized spacial score (nSPS) is 10.8. The highest BCUT2D eigenvalue weighted by Gasteiger charge is 2.08. The first-order chi connectivity index (χ1) is 9.26. The Labute approximate surface area is 115 Å². The fraction of sp³-hybridized carbons (Fsp3) is 0.231. The Bertz CT molecular complexity index is 672. The quantitative estimate of drug-likeness (QED) is 0.793. The highest BCUT2D eigenvalue weighted by atomic mass is 32.1. The number of rotatable bonds is 4. The van der Waals surface area contributed by atoms with Crippen molar-refractivity contribution in [3.05, 3.63) is 36.0 Å². The Kier molecular flexibility index (Phi) is 3.08. The molecule has 2 aromatic heterocycles. The smallest absolute Gasteiger partial charge is 0.207 e. The molecule has 2 heterocycles. The summed E-state index contributed by atoms with van der Waals surface area (Å²) in [6, 6.07) is 9.78. The maximum atomic E-state index is 5.58. The largest absolute Gasteiger partial charge is 0.492 e. The van der Waals surface area contributed by atoms with Gasteiger partial charge >= 0.3 is 0 Å². The van der Waals surface area contributed by atoms with Crippen LogP contribution in [0, 0.1) is 6.92 Å². The Morgan fingerprint density at radius 1 is 1.37 bits per heavy atom. The van der Waals surface area contributed by atoms with Gasteiger partial charge in [-0.05, 0) is 26.0 Å². The topological polar surface area (TPSA) is 51.5 Å². The highest BCUT2D eigenvalue weighted by Crippen LogP contribution is 2.29. The number of nitrogens with zero attached hydrogens (tertiary/aromatic N) is 3. The molecule has 0 saturated carbocycles. The van der Waals surface area contributed by atoms with E-state index in [2.05, 4.69) is 15.4 Å². The molecule has 0 aliphatic carbocycles. The van der Waals surface area contributed by atoms with Gasteiger partial charge in [0.2, 0.25) is 5.13 Å². The van der Waals surface area contributed by atoms with Gasteiger partial charge in [-0.1, -0.05) is 12.1 Å². The number of ether oxygens (including phenoxy) is 1. The minimum absolute atomic E-state index is 0.638. The Balaban J connectivity index is 1.89. The fourth-order valence-corrected chi connectivity index (χ4v) is 2.64. The number of anilines is 2. The lowest BCUT2D eigenvalue weighted by Crippen LogP contribution is -1.97. The number of benzene rings is 1. The molecule has 0 fully saturated rings. The van der Waals surface area contributed by atoms with Crippen LogP contribution in [0.15, 0.2) is 30.3 Å². The predicted molar refractivity (Wildman–Crippen MR) is 76.5 cm³/mol. The second-order valence-electron chi connectivity index (χ2n) is 4.08. The first-order valence-corrected chi connectivity index (χ1v) is 6.86. The molecular formula is C13H14N4OS. The molecule has 0 unspecified atom stereocenters. The summed E-state index contributed by atoms with van der Waals surface area (Å²) < 4.78 is 7.38.